The van der Waals surface area contributed by atoms with Gasteiger partial charge in [-0.3, -0.25) is 0 Å². The lowest BCUT2D eigenvalue weighted by atomic mass is 10.0. The fourth-order valence-electron chi connectivity index (χ4n) is 1.77. The largest absolute Gasteiger partial charge is 0.478 e. The van der Waals surface area contributed by atoms with Crippen molar-refractivity contribution in [2.75, 3.05) is 0 Å². The predicted octanol–water partition coefficient (Wildman–Crippen LogP) is 3.25. The van der Waals surface area contributed by atoms with Crippen LogP contribution in [0.4, 0.5) is 0 Å². The third-order valence-corrected chi connectivity index (χ3v) is 2.79. The predicted molar refractivity (Wildman–Crippen MR) is 75.7 cm³/mol. The van der Waals surface area contributed by atoms with E-state index < -0.39 is 11.9 Å². The van der Waals surface area contributed by atoms with E-state index >= 15 is 0 Å². The van der Waals surface area contributed by atoms with Crippen LogP contribution in [-0.4, -0.2) is 22.2 Å². The SMILES string of the molecule is O=C(O)c1ccc(/C=C\c2ccccc2)c(C(=O)O)c1. The minimum absolute atomic E-state index is 0.0305. The van der Waals surface area contributed by atoms with Gasteiger partial charge < -0.3 is 10.2 Å². The Morgan fingerprint density at radius 3 is 2.15 bits per heavy atom. The first-order valence-corrected chi connectivity index (χ1v) is 5.91. The zero-order valence-corrected chi connectivity index (χ0v) is 10.5. The smallest absolute Gasteiger partial charge is 0.336 e. The quantitative estimate of drug-likeness (QED) is 0.835. The molecule has 4 heteroatoms. The Kier molecular flexibility index (Phi) is 3.96. The van der Waals surface area contributed by atoms with Crippen LogP contribution in [0.2, 0.25) is 0 Å². The lowest BCUT2D eigenvalue weighted by Crippen LogP contribution is -2.04. The minimum atomic E-state index is -1.15. The summed E-state index contributed by atoms with van der Waals surface area (Å²) in [6, 6.07) is 13.5. The van der Waals surface area contributed by atoms with Gasteiger partial charge in [0.15, 0.2) is 0 Å². The molecule has 0 atom stereocenters. The third kappa shape index (κ3) is 3.11. The maximum Gasteiger partial charge on any atom is 0.336 e. The molecule has 0 heterocycles. The zero-order valence-electron chi connectivity index (χ0n) is 10.5. The van der Waals surface area contributed by atoms with Crippen molar-refractivity contribution in [2.45, 2.75) is 0 Å². The summed E-state index contributed by atoms with van der Waals surface area (Å²) in [6.45, 7) is 0. The molecule has 0 saturated heterocycles. The zero-order chi connectivity index (χ0) is 14.5. The molecule has 0 fully saturated rings. The van der Waals surface area contributed by atoms with Crippen molar-refractivity contribution in [3.8, 4) is 0 Å². The van der Waals surface area contributed by atoms with Gasteiger partial charge in [0.1, 0.15) is 0 Å². The Bertz CT molecular complexity index is 672. The molecule has 0 aliphatic carbocycles. The summed E-state index contributed by atoms with van der Waals surface area (Å²) in [4.78, 5) is 22.0. The normalized spacial score (nSPS) is 10.6. The van der Waals surface area contributed by atoms with E-state index in [1.807, 2.05) is 30.3 Å². The van der Waals surface area contributed by atoms with Gasteiger partial charge in [-0.2, -0.15) is 0 Å². The van der Waals surface area contributed by atoms with E-state index in [2.05, 4.69) is 0 Å². The molecular weight excluding hydrogens is 256 g/mol. The van der Waals surface area contributed by atoms with Crippen LogP contribution in [0.15, 0.2) is 48.5 Å². The van der Waals surface area contributed by atoms with Crippen LogP contribution in [0, 0.1) is 0 Å². The maximum absolute atomic E-state index is 11.2. The van der Waals surface area contributed by atoms with Crippen molar-refractivity contribution in [2.24, 2.45) is 0 Å². The minimum Gasteiger partial charge on any atom is -0.478 e. The van der Waals surface area contributed by atoms with Crippen molar-refractivity contribution in [3.05, 3.63) is 70.8 Å². The molecule has 20 heavy (non-hydrogen) atoms. The lowest BCUT2D eigenvalue weighted by Gasteiger charge is -2.03. The van der Waals surface area contributed by atoms with Crippen LogP contribution in [0.1, 0.15) is 31.8 Å². The average Bonchev–Trinajstić information content (AvgIpc) is 2.45. The van der Waals surface area contributed by atoms with E-state index in [4.69, 9.17) is 10.2 Å². The molecule has 0 aliphatic heterocycles. The Labute approximate surface area is 115 Å². The molecule has 0 unspecified atom stereocenters. The molecule has 4 nitrogen and oxygen atoms in total. The molecule has 0 aromatic heterocycles. The van der Waals surface area contributed by atoms with Gasteiger partial charge in [0.25, 0.3) is 0 Å². The number of carbonyl (C=O) groups is 2. The summed E-state index contributed by atoms with van der Waals surface area (Å²) in [5, 5.41) is 18.0. The van der Waals surface area contributed by atoms with E-state index in [-0.39, 0.29) is 11.1 Å². The fourth-order valence-corrected chi connectivity index (χ4v) is 1.77. The second kappa shape index (κ2) is 5.84. The first-order chi connectivity index (χ1) is 9.58. The highest BCUT2D eigenvalue weighted by atomic mass is 16.4. The van der Waals surface area contributed by atoms with Crippen molar-refractivity contribution in [1.29, 1.82) is 0 Å². The average molecular weight is 268 g/mol. The van der Waals surface area contributed by atoms with Gasteiger partial charge in [0, 0.05) is 0 Å². The van der Waals surface area contributed by atoms with Gasteiger partial charge in [-0.05, 0) is 23.3 Å². The van der Waals surface area contributed by atoms with Crippen LogP contribution in [0.3, 0.4) is 0 Å². The van der Waals surface area contributed by atoms with Crippen molar-refractivity contribution in [3.63, 3.8) is 0 Å². The Balaban J connectivity index is 2.39. The molecule has 2 rings (SSSR count). The van der Waals surface area contributed by atoms with Gasteiger partial charge >= 0.3 is 11.9 Å². The first kappa shape index (κ1) is 13.5. The maximum atomic E-state index is 11.2. The van der Waals surface area contributed by atoms with E-state index in [1.165, 1.54) is 12.1 Å². The van der Waals surface area contributed by atoms with Crippen LogP contribution in [-0.2, 0) is 0 Å². The topological polar surface area (TPSA) is 74.6 Å². The number of hydrogen-bond donors (Lipinski definition) is 2. The molecule has 100 valence electrons. The van der Waals surface area contributed by atoms with E-state index in [9.17, 15) is 9.59 Å². The lowest BCUT2D eigenvalue weighted by molar-refractivity contribution is 0.0695. The summed E-state index contributed by atoms with van der Waals surface area (Å²) in [6.07, 6.45) is 3.44. The highest BCUT2D eigenvalue weighted by molar-refractivity contribution is 5.97. The summed E-state index contributed by atoms with van der Waals surface area (Å²) >= 11 is 0. The fraction of sp³-hybridized carbons (Fsp3) is 0. The Morgan fingerprint density at radius 1 is 0.850 bits per heavy atom. The number of benzene rings is 2. The van der Waals surface area contributed by atoms with Gasteiger partial charge in [-0.25, -0.2) is 9.59 Å². The number of rotatable bonds is 4. The first-order valence-electron chi connectivity index (χ1n) is 5.91. The molecule has 2 N–H and O–H groups in total. The molecule has 0 radical (unpaired) electrons. The molecule has 0 bridgehead atoms. The van der Waals surface area contributed by atoms with Gasteiger partial charge in [0.2, 0.25) is 0 Å². The molecule has 2 aromatic rings. The standard InChI is InChI=1S/C16H12O4/c17-15(18)13-9-8-12(14(10-13)16(19)20)7-6-11-4-2-1-3-5-11/h1-10H,(H,17,18)(H,19,20)/b7-6-. The van der Waals surface area contributed by atoms with Crippen molar-refractivity contribution >= 4 is 24.1 Å². The van der Waals surface area contributed by atoms with Crippen molar-refractivity contribution < 1.29 is 19.8 Å². The van der Waals surface area contributed by atoms with Crippen LogP contribution in [0.5, 0.6) is 0 Å². The molecule has 0 saturated carbocycles. The molecule has 0 aliphatic rings. The van der Waals surface area contributed by atoms with E-state index in [0.29, 0.717) is 5.56 Å². The van der Waals surface area contributed by atoms with Crippen molar-refractivity contribution in [1.82, 2.24) is 0 Å². The molecular formula is C16H12O4. The van der Waals surface area contributed by atoms with E-state index in [0.717, 1.165) is 11.6 Å². The second-order valence-electron chi connectivity index (χ2n) is 4.16. The second-order valence-corrected chi connectivity index (χ2v) is 4.16. The Morgan fingerprint density at radius 2 is 1.55 bits per heavy atom. The number of carboxylic acids is 2. The summed E-state index contributed by atoms with van der Waals surface area (Å²) in [5.74, 6) is -2.30. The highest BCUT2D eigenvalue weighted by Gasteiger charge is 2.12. The van der Waals surface area contributed by atoms with Crippen LogP contribution < -0.4 is 0 Å². The number of aromatic carboxylic acids is 2. The number of carboxylic acid groups (broad SMARTS) is 2. The summed E-state index contributed by atoms with van der Waals surface area (Å²) in [5.41, 5.74) is 1.33. The number of hydrogen-bond acceptors (Lipinski definition) is 2. The van der Waals surface area contributed by atoms with Gasteiger partial charge in [-0.15, -0.1) is 0 Å². The summed E-state index contributed by atoms with van der Waals surface area (Å²) in [7, 11) is 0. The van der Waals surface area contributed by atoms with Crippen LogP contribution >= 0.6 is 0 Å². The third-order valence-electron chi connectivity index (χ3n) is 2.79. The monoisotopic (exact) mass is 268 g/mol. The summed E-state index contributed by atoms with van der Waals surface area (Å²) < 4.78 is 0. The van der Waals surface area contributed by atoms with E-state index in [1.54, 1.807) is 12.2 Å². The van der Waals surface area contributed by atoms with Gasteiger partial charge in [0.05, 0.1) is 11.1 Å². The molecule has 0 amide bonds. The van der Waals surface area contributed by atoms with Crippen LogP contribution in [0.25, 0.3) is 12.2 Å². The Hall–Kier alpha value is -2.88. The molecule has 2 aromatic carbocycles. The molecule has 0 spiro atoms. The van der Waals surface area contributed by atoms with Gasteiger partial charge in [-0.1, -0.05) is 48.6 Å². The highest BCUT2D eigenvalue weighted by Crippen LogP contribution is 2.16.